The van der Waals surface area contributed by atoms with Crippen molar-refractivity contribution in [1.29, 1.82) is 5.41 Å². The van der Waals surface area contributed by atoms with Crippen molar-refractivity contribution in [3.63, 3.8) is 0 Å². The first-order valence-corrected chi connectivity index (χ1v) is 4.05. The maximum atomic E-state index is 7.29. The van der Waals surface area contributed by atoms with Crippen molar-refractivity contribution in [2.24, 2.45) is 0 Å². The van der Waals surface area contributed by atoms with Crippen LogP contribution < -0.4 is 5.32 Å². The van der Waals surface area contributed by atoms with Gasteiger partial charge in [0, 0.05) is 7.05 Å². The van der Waals surface area contributed by atoms with Gasteiger partial charge in [0.05, 0.1) is 5.37 Å². The number of rotatable bonds is 2. The van der Waals surface area contributed by atoms with Crippen molar-refractivity contribution in [3.05, 3.63) is 0 Å². The predicted molar refractivity (Wildman–Crippen MR) is 62.0 cm³/mol. The Morgan fingerprint density at radius 3 is 2.08 bits per heavy atom. The van der Waals surface area contributed by atoms with Gasteiger partial charge >= 0.3 is 0 Å². The normalized spacial score (nSPS) is 11.1. The maximum Gasteiger partial charge on any atom is 0.154 e. The fourth-order valence-corrected chi connectivity index (χ4v) is 1.00. The van der Waals surface area contributed by atoms with Crippen molar-refractivity contribution in [1.82, 2.24) is 10.2 Å². The van der Waals surface area contributed by atoms with Crippen LogP contribution in [0, 0.1) is 5.41 Å². The van der Waals surface area contributed by atoms with Crippen LogP contribution in [0.2, 0.25) is 0 Å². The van der Waals surface area contributed by atoms with Gasteiger partial charge in [0.2, 0.25) is 0 Å². The third kappa shape index (κ3) is 8.46. The fraction of sp³-hybridized carbons (Fsp3) is 0.833. The summed E-state index contributed by atoms with van der Waals surface area (Å²) in [5, 5.41) is 10.9. The SMILES string of the molecule is CNC(=N)SC(C)N(C)C.Cl.Cl. The summed E-state index contributed by atoms with van der Waals surface area (Å²) in [6, 6.07) is 0. The lowest BCUT2D eigenvalue weighted by atomic mass is 10.7. The van der Waals surface area contributed by atoms with Gasteiger partial charge < -0.3 is 5.32 Å². The van der Waals surface area contributed by atoms with Gasteiger partial charge in [0.25, 0.3) is 0 Å². The first kappa shape index (κ1) is 18.2. The molecule has 12 heavy (non-hydrogen) atoms. The standard InChI is InChI=1S/C6H15N3S.2ClH/c1-5(9(3)4)10-6(7)8-2;;/h5H,1-4H3,(H2,7,8);2*1H. The Bertz CT molecular complexity index is 121. The Morgan fingerprint density at radius 2 is 1.83 bits per heavy atom. The van der Waals surface area contributed by atoms with Crippen molar-refractivity contribution < 1.29 is 0 Å². The molecule has 0 aliphatic carbocycles. The molecule has 0 aromatic rings. The van der Waals surface area contributed by atoms with E-state index in [1.54, 1.807) is 7.05 Å². The summed E-state index contributed by atoms with van der Waals surface area (Å²) in [6.07, 6.45) is 0. The molecule has 0 spiro atoms. The van der Waals surface area contributed by atoms with Crippen LogP contribution in [0.15, 0.2) is 0 Å². The van der Waals surface area contributed by atoms with E-state index in [9.17, 15) is 0 Å². The Morgan fingerprint density at radius 1 is 1.42 bits per heavy atom. The second kappa shape index (κ2) is 9.45. The van der Waals surface area contributed by atoms with Crippen LogP contribution in [-0.2, 0) is 0 Å². The first-order chi connectivity index (χ1) is 4.57. The highest BCUT2D eigenvalue weighted by molar-refractivity contribution is 8.14. The van der Waals surface area contributed by atoms with Crippen molar-refractivity contribution in [3.8, 4) is 0 Å². The van der Waals surface area contributed by atoms with E-state index in [-0.39, 0.29) is 24.8 Å². The van der Waals surface area contributed by atoms with Gasteiger partial charge in [-0.1, -0.05) is 11.8 Å². The van der Waals surface area contributed by atoms with Gasteiger partial charge in [-0.05, 0) is 21.0 Å². The number of hydrogen-bond acceptors (Lipinski definition) is 3. The number of nitrogens with zero attached hydrogens (tertiary/aromatic N) is 1. The van der Waals surface area contributed by atoms with Crippen LogP contribution in [0.1, 0.15) is 6.92 Å². The zero-order valence-electron chi connectivity index (χ0n) is 7.75. The second-order valence-electron chi connectivity index (χ2n) is 2.26. The molecule has 0 radical (unpaired) electrons. The quantitative estimate of drug-likeness (QED) is 0.433. The highest BCUT2D eigenvalue weighted by atomic mass is 35.5. The molecule has 0 aliphatic rings. The summed E-state index contributed by atoms with van der Waals surface area (Å²) in [7, 11) is 5.76. The van der Waals surface area contributed by atoms with E-state index in [2.05, 4.69) is 17.1 Å². The molecule has 0 amide bonds. The molecular formula is C6H17Cl2N3S. The van der Waals surface area contributed by atoms with Gasteiger partial charge in [-0.15, -0.1) is 24.8 Å². The summed E-state index contributed by atoms with van der Waals surface area (Å²) in [6.45, 7) is 2.07. The highest BCUT2D eigenvalue weighted by Gasteiger charge is 2.06. The molecule has 0 aromatic heterocycles. The molecule has 0 fully saturated rings. The molecule has 0 bridgehead atoms. The molecule has 3 nitrogen and oxygen atoms in total. The molecule has 2 N–H and O–H groups in total. The summed E-state index contributed by atoms with van der Waals surface area (Å²) in [5.41, 5.74) is 0. The monoisotopic (exact) mass is 233 g/mol. The van der Waals surface area contributed by atoms with Crippen LogP contribution in [0.4, 0.5) is 0 Å². The van der Waals surface area contributed by atoms with E-state index >= 15 is 0 Å². The molecule has 1 atom stereocenters. The Labute approximate surface area is 91.0 Å². The molecule has 0 heterocycles. The lowest BCUT2D eigenvalue weighted by molar-refractivity contribution is 0.403. The number of thioether (sulfide) groups is 1. The molecule has 76 valence electrons. The molecule has 0 aliphatic heterocycles. The zero-order valence-corrected chi connectivity index (χ0v) is 10.2. The van der Waals surface area contributed by atoms with Crippen molar-refractivity contribution >= 4 is 41.7 Å². The average molecular weight is 234 g/mol. The third-order valence-corrected chi connectivity index (χ3v) is 2.45. The highest BCUT2D eigenvalue weighted by Crippen LogP contribution is 2.11. The number of amidine groups is 1. The van der Waals surface area contributed by atoms with E-state index in [0.29, 0.717) is 10.5 Å². The number of hydrogen-bond donors (Lipinski definition) is 2. The molecule has 0 saturated carbocycles. The maximum absolute atomic E-state index is 7.29. The van der Waals surface area contributed by atoms with E-state index in [1.807, 2.05) is 14.1 Å². The van der Waals surface area contributed by atoms with Crippen LogP contribution in [-0.4, -0.2) is 36.6 Å². The van der Waals surface area contributed by atoms with Crippen molar-refractivity contribution in [2.75, 3.05) is 21.1 Å². The number of halogens is 2. The smallest absolute Gasteiger partial charge is 0.154 e. The summed E-state index contributed by atoms with van der Waals surface area (Å²) >= 11 is 1.51. The molecule has 0 aromatic carbocycles. The first-order valence-electron chi connectivity index (χ1n) is 3.17. The molecule has 1 unspecified atom stereocenters. The van der Waals surface area contributed by atoms with Crippen LogP contribution in [0.3, 0.4) is 0 Å². The predicted octanol–water partition coefficient (Wildman–Crippen LogP) is 1.62. The Kier molecular flexibility index (Phi) is 14.3. The summed E-state index contributed by atoms with van der Waals surface area (Å²) in [5.74, 6) is 0. The van der Waals surface area contributed by atoms with Gasteiger partial charge in [-0.3, -0.25) is 10.3 Å². The third-order valence-electron chi connectivity index (χ3n) is 1.24. The minimum absolute atomic E-state index is 0. The van der Waals surface area contributed by atoms with Crippen LogP contribution in [0.25, 0.3) is 0 Å². The van der Waals surface area contributed by atoms with E-state index < -0.39 is 0 Å². The minimum atomic E-state index is 0. The van der Waals surface area contributed by atoms with Crippen molar-refractivity contribution in [2.45, 2.75) is 12.3 Å². The minimum Gasteiger partial charge on any atom is -0.368 e. The zero-order chi connectivity index (χ0) is 8.15. The molecule has 0 rings (SSSR count). The Hall–Kier alpha value is 0.360. The number of nitrogens with one attached hydrogen (secondary N) is 2. The van der Waals surface area contributed by atoms with E-state index in [4.69, 9.17) is 5.41 Å². The fourth-order valence-electron chi connectivity index (χ4n) is 0.335. The van der Waals surface area contributed by atoms with E-state index in [0.717, 1.165) is 0 Å². The molecular weight excluding hydrogens is 217 g/mol. The Balaban J connectivity index is -0.000000405. The molecule has 6 heteroatoms. The summed E-state index contributed by atoms with van der Waals surface area (Å²) < 4.78 is 0. The van der Waals surface area contributed by atoms with Gasteiger partial charge in [-0.25, -0.2) is 0 Å². The van der Waals surface area contributed by atoms with Gasteiger partial charge in [0.15, 0.2) is 5.17 Å². The topological polar surface area (TPSA) is 39.1 Å². The second-order valence-corrected chi connectivity index (χ2v) is 3.59. The van der Waals surface area contributed by atoms with Crippen LogP contribution in [0.5, 0.6) is 0 Å². The average Bonchev–Trinajstić information content (AvgIpc) is 1.87. The molecule has 0 saturated heterocycles. The van der Waals surface area contributed by atoms with E-state index in [1.165, 1.54) is 11.8 Å². The largest absolute Gasteiger partial charge is 0.368 e. The lowest BCUT2D eigenvalue weighted by Crippen LogP contribution is -2.25. The van der Waals surface area contributed by atoms with Gasteiger partial charge in [-0.2, -0.15) is 0 Å². The lowest BCUT2D eigenvalue weighted by Gasteiger charge is -2.18. The summed E-state index contributed by atoms with van der Waals surface area (Å²) in [4.78, 5) is 2.07. The van der Waals surface area contributed by atoms with Gasteiger partial charge in [0.1, 0.15) is 0 Å². The van der Waals surface area contributed by atoms with Crippen LogP contribution >= 0.6 is 36.6 Å².